The van der Waals surface area contributed by atoms with Gasteiger partial charge in [0.1, 0.15) is 27.6 Å². The molecule has 0 unspecified atom stereocenters. The average molecular weight is 664 g/mol. The molecule has 0 aliphatic rings. The lowest BCUT2D eigenvalue weighted by Gasteiger charge is -2.36. The van der Waals surface area contributed by atoms with Gasteiger partial charge in [0, 0.05) is 46.9 Å². The molecule has 48 heavy (non-hydrogen) atoms. The Morgan fingerprint density at radius 3 is 1.79 bits per heavy atom. The molecule has 4 aromatic carbocycles. The van der Waals surface area contributed by atoms with Crippen LogP contribution in [0, 0.1) is 0 Å². The Hall–Kier alpha value is -5.64. The van der Waals surface area contributed by atoms with Gasteiger partial charge in [-0.25, -0.2) is 18.4 Å². The van der Waals surface area contributed by atoms with Crippen molar-refractivity contribution in [3.63, 3.8) is 0 Å². The summed E-state index contributed by atoms with van der Waals surface area (Å²) in [5.74, 6) is 0. The zero-order chi connectivity index (χ0) is 32.7. The number of aromatic nitrogens is 5. The number of thiazole rings is 1. The van der Waals surface area contributed by atoms with Crippen molar-refractivity contribution in [3.05, 3.63) is 174 Å². The number of fused-ring (bicyclic) bond motifs is 1. The Morgan fingerprint density at radius 1 is 0.667 bits per heavy atom. The number of hydrogen-bond donors (Lipinski definition) is 0. The molecule has 0 saturated heterocycles. The summed E-state index contributed by atoms with van der Waals surface area (Å²) in [5.41, 5.74) is 7.34. The highest BCUT2D eigenvalue weighted by Crippen LogP contribution is 2.43. The van der Waals surface area contributed by atoms with E-state index in [0.29, 0.717) is 0 Å². The molecule has 0 aliphatic carbocycles. The first-order valence-electron chi connectivity index (χ1n) is 15.4. The average Bonchev–Trinajstić information content (AvgIpc) is 3.90. The molecule has 8 rings (SSSR count). The van der Waals surface area contributed by atoms with Gasteiger partial charge in [0.05, 0.1) is 11.1 Å². The number of sulfone groups is 1. The van der Waals surface area contributed by atoms with Crippen LogP contribution in [0.5, 0.6) is 0 Å². The van der Waals surface area contributed by atoms with Crippen LogP contribution in [-0.2, 0) is 15.4 Å². The van der Waals surface area contributed by atoms with Crippen molar-refractivity contribution in [1.82, 2.24) is 24.1 Å². The summed E-state index contributed by atoms with van der Waals surface area (Å²) in [6.45, 7) is 0. The highest BCUT2D eigenvalue weighted by Gasteiger charge is 2.40. The standard InChI is InChI=1S/C39H29N5O2S2/c1-48(45,46)33-20-17-28(18-21-33)37-34(29-19-22-36-41-25-35(43(36)26-29)38-40-23-24-47-38)27-44(42-37)39(30-11-5-2-6-12-30,31-13-7-3-8-14-31)32-15-9-4-10-16-32/h2-27H,1H3. The van der Waals surface area contributed by atoms with Gasteiger partial charge in [-0.1, -0.05) is 103 Å². The van der Waals surface area contributed by atoms with Crippen molar-refractivity contribution >= 4 is 26.8 Å². The number of nitrogens with zero attached hydrogens (tertiary/aromatic N) is 5. The van der Waals surface area contributed by atoms with Gasteiger partial charge in [0.2, 0.25) is 0 Å². The molecule has 0 atom stereocenters. The predicted molar refractivity (Wildman–Crippen MR) is 191 cm³/mol. The van der Waals surface area contributed by atoms with Crippen LogP contribution in [0.3, 0.4) is 0 Å². The van der Waals surface area contributed by atoms with Gasteiger partial charge in [-0.15, -0.1) is 11.3 Å². The Kier molecular flexibility index (Phi) is 7.35. The Morgan fingerprint density at radius 2 is 1.25 bits per heavy atom. The molecule has 4 aromatic heterocycles. The van der Waals surface area contributed by atoms with Gasteiger partial charge in [-0.3, -0.25) is 9.08 Å². The van der Waals surface area contributed by atoms with Crippen molar-refractivity contribution in [2.45, 2.75) is 10.4 Å². The van der Waals surface area contributed by atoms with Gasteiger partial charge >= 0.3 is 0 Å². The molecule has 7 nitrogen and oxygen atoms in total. The number of rotatable bonds is 8. The number of imidazole rings is 1. The van der Waals surface area contributed by atoms with Crippen LogP contribution in [0.2, 0.25) is 0 Å². The molecule has 0 N–H and O–H groups in total. The minimum atomic E-state index is -3.38. The van der Waals surface area contributed by atoms with E-state index < -0.39 is 15.4 Å². The minimum Gasteiger partial charge on any atom is -0.297 e. The lowest BCUT2D eigenvalue weighted by Crippen LogP contribution is -2.38. The van der Waals surface area contributed by atoms with Crippen molar-refractivity contribution in [1.29, 1.82) is 0 Å². The first kappa shape index (κ1) is 29.7. The molecule has 0 spiro atoms. The quantitative estimate of drug-likeness (QED) is 0.153. The van der Waals surface area contributed by atoms with Crippen LogP contribution >= 0.6 is 11.3 Å². The van der Waals surface area contributed by atoms with Crippen LogP contribution in [0.25, 0.3) is 38.7 Å². The van der Waals surface area contributed by atoms with E-state index in [9.17, 15) is 8.42 Å². The van der Waals surface area contributed by atoms with Crippen LogP contribution in [0.1, 0.15) is 16.7 Å². The normalized spacial score (nSPS) is 12.0. The third-order valence-electron chi connectivity index (χ3n) is 8.66. The monoisotopic (exact) mass is 663 g/mol. The second-order valence-electron chi connectivity index (χ2n) is 11.6. The third kappa shape index (κ3) is 5.04. The van der Waals surface area contributed by atoms with Crippen LogP contribution < -0.4 is 0 Å². The maximum atomic E-state index is 12.4. The number of pyridine rings is 1. The second kappa shape index (κ2) is 11.9. The van der Waals surface area contributed by atoms with Gasteiger partial charge in [-0.05, 0) is 41.0 Å². The van der Waals surface area contributed by atoms with Gasteiger partial charge in [0.15, 0.2) is 9.84 Å². The predicted octanol–water partition coefficient (Wildman–Crippen LogP) is 8.23. The van der Waals surface area contributed by atoms with E-state index in [-0.39, 0.29) is 4.90 Å². The number of hydrogen-bond acceptors (Lipinski definition) is 6. The second-order valence-corrected chi connectivity index (χ2v) is 14.5. The highest BCUT2D eigenvalue weighted by atomic mass is 32.2. The van der Waals surface area contributed by atoms with Gasteiger partial charge in [0.25, 0.3) is 0 Å². The topological polar surface area (TPSA) is 82.1 Å². The molecule has 8 aromatic rings. The summed E-state index contributed by atoms with van der Waals surface area (Å²) in [6.07, 6.45) is 9.04. The maximum Gasteiger partial charge on any atom is 0.175 e. The molecule has 0 fully saturated rings. The van der Waals surface area contributed by atoms with Crippen LogP contribution in [0.4, 0.5) is 0 Å². The van der Waals surface area contributed by atoms with E-state index in [0.717, 1.165) is 55.4 Å². The number of benzene rings is 4. The van der Waals surface area contributed by atoms with Crippen molar-refractivity contribution < 1.29 is 8.42 Å². The lowest BCUT2D eigenvalue weighted by atomic mass is 9.77. The molecule has 234 valence electrons. The largest absolute Gasteiger partial charge is 0.297 e. The van der Waals surface area contributed by atoms with E-state index in [4.69, 9.17) is 5.10 Å². The summed E-state index contributed by atoms with van der Waals surface area (Å²) >= 11 is 1.56. The SMILES string of the molecule is CS(=O)(=O)c1ccc(-c2nn(C(c3ccccc3)(c3ccccc3)c3ccccc3)cc2-c2ccc3ncc(-c4nccs4)n3c2)cc1. The summed E-state index contributed by atoms with van der Waals surface area (Å²) in [5, 5.41) is 8.26. The first-order valence-corrected chi connectivity index (χ1v) is 18.1. The van der Waals surface area contributed by atoms with Crippen molar-refractivity contribution in [2.24, 2.45) is 0 Å². The Balaban J connectivity index is 1.44. The van der Waals surface area contributed by atoms with E-state index in [1.807, 2.05) is 48.0 Å². The van der Waals surface area contributed by atoms with Crippen molar-refractivity contribution in [2.75, 3.05) is 6.26 Å². The van der Waals surface area contributed by atoms with E-state index in [1.54, 1.807) is 29.7 Å². The van der Waals surface area contributed by atoms with E-state index in [2.05, 4.69) is 110 Å². The maximum absolute atomic E-state index is 12.4. The molecular formula is C39H29N5O2S2. The van der Waals surface area contributed by atoms with Crippen molar-refractivity contribution in [3.8, 4) is 33.1 Å². The van der Waals surface area contributed by atoms with Crippen LogP contribution in [-0.4, -0.2) is 38.8 Å². The van der Waals surface area contributed by atoms with Gasteiger partial charge < -0.3 is 0 Å². The molecule has 0 bridgehead atoms. The molecule has 4 heterocycles. The fourth-order valence-electron chi connectivity index (χ4n) is 6.41. The molecule has 0 aliphatic heterocycles. The fraction of sp³-hybridized carbons (Fsp3) is 0.0513. The summed E-state index contributed by atoms with van der Waals surface area (Å²) in [4.78, 5) is 9.43. The zero-order valence-corrected chi connectivity index (χ0v) is 27.5. The zero-order valence-electron chi connectivity index (χ0n) is 25.9. The first-order chi connectivity index (χ1) is 23.4. The van der Waals surface area contributed by atoms with E-state index in [1.165, 1.54) is 6.26 Å². The smallest absolute Gasteiger partial charge is 0.175 e. The molecule has 9 heteroatoms. The molecule has 0 amide bonds. The van der Waals surface area contributed by atoms with Crippen LogP contribution in [0.15, 0.2) is 162 Å². The Bertz CT molecular complexity index is 2360. The lowest BCUT2D eigenvalue weighted by molar-refractivity contribution is 0.461. The fourth-order valence-corrected chi connectivity index (χ4v) is 7.69. The van der Waals surface area contributed by atoms with E-state index >= 15 is 0 Å². The highest BCUT2D eigenvalue weighted by molar-refractivity contribution is 7.90. The molecular weight excluding hydrogens is 635 g/mol. The third-order valence-corrected chi connectivity index (χ3v) is 10.6. The Labute approximate surface area is 282 Å². The summed E-state index contributed by atoms with van der Waals surface area (Å²) in [6, 6.07) is 42.2. The molecule has 0 radical (unpaired) electrons. The summed E-state index contributed by atoms with van der Waals surface area (Å²) < 4.78 is 28.9. The summed E-state index contributed by atoms with van der Waals surface area (Å²) in [7, 11) is -3.38. The minimum absolute atomic E-state index is 0.257. The van der Waals surface area contributed by atoms with Gasteiger partial charge in [-0.2, -0.15) is 5.10 Å². The molecule has 0 saturated carbocycles.